The van der Waals surface area contributed by atoms with E-state index >= 15 is 0 Å². The number of para-hydroxylation sites is 1. The van der Waals surface area contributed by atoms with Crippen LogP contribution >= 0.6 is 23.1 Å². The summed E-state index contributed by atoms with van der Waals surface area (Å²) in [5.41, 5.74) is 3.07. The number of rotatable bonds is 3. The number of aryl methyl sites for hydroxylation is 3. The molecule has 2 heterocycles. The summed E-state index contributed by atoms with van der Waals surface area (Å²) in [6, 6.07) is 10.1. The molecule has 1 aliphatic carbocycles. The molecule has 2 aromatic heterocycles. The molecule has 0 amide bonds. The molecule has 0 saturated heterocycles. The number of fused-ring (bicyclic) bond motifs is 3. The molecule has 1 atom stereocenters. The molecular weight excluding hydrogens is 374 g/mol. The number of hydrogen-bond donors (Lipinski definition) is 0. The molecular formula is C21H21N3OS2. The number of benzene rings is 1. The number of nitrogens with zero attached hydrogens (tertiary/aromatic N) is 3. The Hall–Kier alpha value is -2.10. The standard InChI is InChI=1S/C21H21N3OS2/c1-13-8-6-7-10-16(13)24-20(25)18-15-9-4-3-5-11-17(15)27-19(18)23-21(24)26-14(2)12-22/h6-8,10,14H,3-5,9,11H2,1-2H3/t14-/m0/s1. The van der Waals surface area contributed by atoms with Crippen molar-refractivity contribution in [3.05, 3.63) is 50.6 Å². The minimum absolute atomic E-state index is 0.00124. The second kappa shape index (κ2) is 7.49. The van der Waals surface area contributed by atoms with Crippen LogP contribution in [0, 0.1) is 18.3 Å². The summed E-state index contributed by atoms with van der Waals surface area (Å²) in [6.07, 6.45) is 5.53. The molecule has 4 nitrogen and oxygen atoms in total. The van der Waals surface area contributed by atoms with E-state index in [0.29, 0.717) is 5.16 Å². The zero-order chi connectivity index (χ0) is 19.0. The van der Waals surface area contributed by atoms with Gasteiger partial charge < -0.3 is 0 Å². The lowest BCUT2D eigenvalue weighted by atomic mass is 10.1. The Kier molecular flexibility index (Phi) is 5.07. The Morgan fingerprint density at radius 3 is 2.81 bits per heavy atom. The van der Waals surface area contributed by atoms with Crippen LogP contribution < -0.4 is 5.56 Å². The van der Waals surface area contributed by atoms with Crippen LogP contribution in [-0.2, 0) is 12.8 Å². The van der Waals surface area contributed by atoms with Crippen LogP contribution in [0.4, 0.5) is 0 Å². The maximum Gasteiger partial charge on any atom is 0.267 e. The van der Waals surface area contributed by atoms with Gasteiger partial charge in [-0.05, 0) is 56.7 Å². The van der Waals surface area contributed by atoms with Gasteiger partial charge in [0.15, 0.2) is 5.16 Å². The van der Waals surface area contributed by atoms with Crippen molar-refractivity contribution in [2.45, 2.75) is 56.4 Å². The highest BCUT2D eigenvalue weighted by Gasteiger charge is 2.23. The largest absolute Gasteiger partial charge is 0.268 e. The fourth-order valence-corrected chi connectivity index (χ4v) is 5.76. The van der Waals surface area contributed by atoms with Crippen LogP contribution in [0.5, 0.6) is 0 Å². The Bertz CT molecular complexity index is 1110. The van der Waals surface area contributed by atoms with Crippen molar-refractivity contribution in [1.82, 2.24) is 9.55 Å². The molecule has 0 unspecified atom stereocenters. The van der Waals surface area contributed by atoms with Gasteiger partial charge in [0, 0.05) is 4.88 Å². The van der Waals surface area contributed by atoms with Crippen molar-refractivity contribution in [2.75, 3.05) is 0 Å². The highest BCUT2D eigenvalue weighted by atomic mass is 32.2. The summed E-state index contributed by atoms with van der Waals surface area (Å²) in [5.74, 6) is 0. The fraction of sp³-hybridized carbons (Fsp3) is 0.381. The van der Waals surface area contributed by atoms with Gasteiger partial charge >= 0.3 is 0 Å². The fourth-order valence-electron chi connectivity index (χ4n) is 3.65. The molecule has 0 saturated carbocycles. The second-order valence-electron chi connectivity index (χ2n) is 6.96. The molecule has 6 heteroatoms. The van der Waals surface area contributed by atoms with Gasteiger partial charge in [0.1, 0.15) is 4.83 Å². The average Bonchev–Trinajstić information content (AvgIpc) is 2.84. The molecule has 138 valence electrons. The molecule has 3 aromatic rings. The van der Waals surface area contributed by atoms with Gasteiger partial charge in [0.2, 0.25) is 0 Å². The summed E-state index contributed by atoms with van der Waals surface area (Å²) in [4.78, 5) is 20.7. The van der Waals surface area contributed by atoms with Crippen LogP contribution in [0.25, 0.3) is 15.9 Å². The van der Waals surface area contributed by atoms with Crippen molar-refractivity contribution >= 4 is 33.3 Å². The van der Waals surface area contributed by atoms with E-state index in [4.69, 9.17) is 4.98 Å². The van der Waals surface area contributed by atoms with E-state index in [1.165, 1.54) is 35.0 Å². The molecule has 0 fully saturated rings. The molecule has 27 heavy (non-hydrogen) atoms. The van der Waals surface area contributed by atoms with Crippen molar-refractivity contribution in [3.8, 4) is 11.8 Å². The Labute approximate surface area is 166 Å². The van der Waals surface area contributed by atoms with Gasteiger partial charge in [-0.3, -0.25) is 9.36 Å². The average molecular weight is 396 g/mol. The second-order valence-corrected chi connectivity index (χ2v) is 9.35. The maximum atomic E-state index is 13.7. The molecule has 0 spiro atoms. The van der Waals surface area contributed by atoms with Gasteiger partial charge in [-0.1, -0.05) is 36.4 Å². The predicted molar refractivity (Wildman–Crippen MR) is 112 cm³/mol. The third-order valence-corrected chi connectivity index (χ3v) is 7.16. The molecule has 4 rings (SSSR count). The zero-order valence-corrected chi connectivity index (χ0v) is 17.1. The van der Waals surface area contributed by atoms with E-state index in [1.54, 1.807) is 15.9 Å². The van der Waals surface area contributed by atoms with Gasteiger partial charge in [0.05, 0.1) is 22.4 Å². The van der Waals surface area contributed by atoms with E-state index < -0.39 is 0 Å². The van der Waals surface area contributed by atoms with Crippen molar-refractivity contribution in [2.24, 2.45) is 0 Å². The van der Waals surface area contributed by atoms with Crippen molar-refractivity contribution in [1.29, 1.82) is 5.26 Å². The van der Waals surface area contributed by atoms with E-state index in [9.17, 15) is 10.1 Å². The minimum atomic E-state index is -0.276. The first-order valence-electron chi connectivity index (χ1n) is 9.29. The minimum Gasteiger partial charge on any atom is -0.268 e. The summed E-state index contributed by atoms with van der Waals surface area (Å²) in [7, 11) is 0. The number of thioether (sulfide) groups is 1. The summed E-state index contributed by atoms with van der Waals surface area (Å²) in [6.45, 7) is 3.84. The lowest BCUT2D eigenvalue weighted by Crippen LogP contribution is -2.23. The number of thiophene rings is 1. The Morgan fingerprint density at radius 2 is 2.04 bits per heavy atom. The van der Waals surface area contributed by atoms with Crippen molar-refractivity contribution < 1.29 is 0 Å². The highest BCUT2D eigenvalue weighted by molar-refractivity contribution is 8.00. The van der Waals surface area contributed by atoms with Gasteiger partial charge in [-0.2, -0.15) is 5.26 Å². The van der Waals surface area contributed by atoms with Crippen molar-refractivity contribution in [3.63, 3.8) is 0 Å². The third-order valence-electron chi connectivity index (χ3n) is 5.03. The van der Waals surface area contributed by atoms with Crippen LogP contribution in [0.15, 0.2) is 34.2 Å². The zero-order valence-electron chi connectivity index (χ0n) is 15.5. The smallest absolute Gasteiger partial charge is 0.267 e. The molecule has 0 N–H and O–H groups in total. The molecule has 0 aliphatic heterocycles. The summed E-state index contributed by atoms with van der Waals surface area (Å²) >= 11 is 3.01. The molecule has 1 aromatic carbocycles. The lowest BCUT2D eigenvalue weighted by Gasteiger charge is -2.15. The summed E-state index contributed by atoms with van der Waals surface area (Å²) in [5, 5.41) is 10.4. The predicted octanol–water partition coefficient (Wildman–Crippen LogP) is 5.03. The monoisotopic (exact) mass is 395 g/mol. The topological polar surface area (TPSA) is 58.7 Å². The normalized spacial score (nSPS) is 15.1. The molecule has 1 aliphatic rings. The van der Waals surface area contributed by atoms with Crippen LogP contribution in [-0.4, -0.2) is 14.8 Å². The summed E-state index contributed by atoms with van der Waals surface area (Å²) < 4.78 is 1.72. The quantitative estimate of drug-likeness (QED) is 0.355. The van der Waals surface area contributed by atoms with Crippen LogP contribution in [0.2, 0.25) is 0 Å². The van der Waals surface area contributed by atoms with E-state index in [-0.39, 0.29) is 10.8 Å². The van der Waals surface area contributed by atoms with E-state index in [0.717, 1.165) is 40.7 Å². The first kappa shape index (κ1) is 18.3. The third kappa shape index (κ3) is 3.30. The highest BCUT2D eigenvalue weighted by Crippen LogP contribution is 2.35. The maximum absolute atomic E-state index is 13.7. The molecule has 0 radical (unpaired) electrons. The van der Waals surface area contributed by atoms with E-state index in [1.807, 2.05) is 38.1 Å². The Morgan fingerprint density at radius 1 is 1.26 bits per heavy atom. The number of hydrogen-bond acceptors (Lipinski definition) is 5. The lowest BCUT2D eigenvalue weighted by molar-refractivity contribution is 0.713. The number of nitriles is 1. The first-order chi connectivity index (χ1) is 13.1. The van der Waals surface area contributed by atoms with E-state index in [2.05, 4.69) is 6.07 Å². The van der Waals surface area contributed by atoms with Gasteiger partial charge in [-0.25, -0.2) is 4.98 Å². The van der Waals surface area contributed by atoms with Gasteiger partial charge in [-0.15, -0.1) is 11.3 Å². The Balaban J connectivity index is 2.03. The molecule has 0 bridgehead atoms. The van der Waals surface area contributed by atoms with Gasteiger partial charge in [0.25, 0.3) is 5.56 Å². The van der Waals surface area contributed by atoms with Crippen LogP contribution in [0.1, 0.15) is 42.2 Å². The first-order valence-corrected chi connectivity index (χ1v) is 11.0. The number of aromatic nitrogens is 2. The van der Waals surface area contributed by atoms with Crippen LogP contribution in [0.3, 0.4) is 0 Å². The SMILES string of the molecule is Cc1ccccc1-n1c(S[C@@H](C)C#N)nc2sc3c(c2c1=O)CCCCC3.